The maximum absolute atomic E-state index is 10.6. The smallest absolute Gasteiger partial charge is 0.193 e. The van der Waals surface area contributed by atoms with Gasteiger partial charge in [-0.3, -0.25) is 4.40 Å². The predicted molar refractivity (Wildman–Crippen MR) is 74.0 cm³/mol. The molecule has 2 aromatic heterocycles. The van der Waals surface area contributed by atoms with Crippen LogP contribution in [0.5, 0.6) is 0 Å². The Hall–Kier alpha value is -0.870. The van der Waals surface area contributed by atoms with E-state index in [9.17, 15) is 5.11 Å². The number of hydrogen-bond donors (Lipinski definition) is 1. The van der Waals surface area contributed by atoms with Crippen LogP contribution >= 0.6 is 11.3 Å². The third-order valence-corrected chi connectivity index (χ3v) is 5.33. The molecule has 1 fully saturated rings. The number of nitrogens with zero attached hydrogens (tertiary/aromatic N) is 2. The van der Waals surface area contributed by atoms with Crippen molar-refractivity contribution in [1.29, 1.82) is 0 Å². The van der Waals surface area contributed by atoms with Crippen LogP contribution in [-0.2, 0) is 6.42 Å². The van der Waals surface area contributed by atoms with Crippen molar-refractivity contribution in [2.75, 3.05) is 0 Å². The zero-order valence-corrected chi connectivity index (χ0v) is 11.6. The van der Waals surface area contributed by atoms with E-state index in [2.05, 4.69) is 11.9 Å². The van der Waals surface area contributed by atoms with E-state index in [0.717, 1.165) is 17.1 Å². The van der Waals surface area contributed by atoms with Gasteiger partial charge in [-0.1, -0.05) is 19.8 Å². The molecule has 0 radical (unpaired) electrons. The Morgan fingerprint density at radius 1 is 1.50 bits per heavy atom. The summed E-state index contributed by atoms with van der Waals surface area (Å²) in [5, 5.41) is 12.6. The van der Waals surface area contributed by atoms with Gasteiger partial charge in [0.15, 0.2) is 4.96 Å². The molecule has 1 aliphatic carbocycles. The zero-order valence-electron chi connectivity index (χ0n) is 10.8. The molecule has 1 N–H and O–H groups in total. The van der Waals surface area contributed by atoms with E-state index in [1.165, 1.54) is 25.7 Å². The molecule has 0 aliphatic heterocycles. The molecule has 3 rings (SSSR count). The first-order chi connectivity index (χ1) is 8.73. The maximum Gasteiger partial charge on any atom is 0.193 e. The third-order valence-electron chi connectivity index (χ3n) is 4.56. The van der Waals surface area contributed by atoms with Gasteiger partial charge in [0.05, 0.1) is 11.8 Å². The monoisotopic (exact) mass is 264 g/mol. The van der Waals surface area contributed by atoms with Gasteiger partial charge >= 0.3 is 0 Å². The summed E-state index contributed by atoms with van der Waals surface area (Å²) in [4.78, 5) is 5.59. The Bertz CT molecular complexity index is 496. The molecule has 0 aromatic carbocycles. The number of fused-ring (bicyclic) bond motifs is 1. The molecule has 0 spiro atoms. The van der Waals surface area contributed by atoms with Crippen LogP contribution in [0, 0.1) is 5.41 Å². The Morgan fingerprint density at radius 3 is 2.94 bits per heavy atom. The largest absolute Gasteiger partial charge is 0.392 e. The second-order valence-corrected chi connectivity index (χ2v) is 6.34. The van der Waals surface area contributed by atoms with E-state index in [-0.39, 0.29) is 11.5 Å². The second-order valence-electron chi connectivity index (χ2n) is 5.47. The van der Waals surface area contributed by atoms with Gasteiger partial charge in [0.1, 0.15) is 0 Å². The summed E-state index contributed by atoms with van der Waals surface area (Å²) in [7, 11) is 0. The number of thiazole rings is 1. The van der Waals surface area contributed by atoms with E-state index >= 15 is 0 Å². The minimum atomic E-state index is -0.241. The lowest BCUT2D eigenvalue weighted by Crippen LogP contribution is -2.33. The fourth-order valence-electron chi connectivity index (χ4n) is 3.29. The van der Waals surface area contributed by atoms with Gasteiger partial charge in [-0.15, -0.1) is 11.3 Å². The number of imidazole rings is 1. The lowest BCUT2D eigenvalue weighted by Gasteiger charge is -2.32. The third kappa shape index (κ3) is 1.97. The first-order valence-electron chi connectivity index (χ1n) is 6.83. The van der Waals surface area contributed by atoms with Gasteiger partial charge in [0.2, 0.25) is 0 Å². The van der Waals surface area contributed by atoms with E-state index in [1.54, 1.807) is 11.3 Å². The quantitative estimate of drug-likeness (QED) is 0.920. The average molecular weight is 264 g/mol. The Morgan fingerprint density at radius 2 is 2.28 bits per heavy atom. The summed E-state index contributed by atoms with van der Waals surface area (Å²) in [6, 6.07) is 0. The van der Waals surface area contributed by atoms with Crippen LogP contribution in [0.15, 0.2) is 17.8 Å². The summed E-state index contributed by atoms with van der Waals surface area (Å²) < 4.78 is 2.04. The summed E-state index contributed by atoms with van der Waals surface area (Å²) >= 11 is 1.64. The van der Waals surface area contributed by atoms with Crippen LogP contribution in [-0.4, -0.2) is 20.6 Å². The lowest BCUT2D eigenvalue weighted by molar-refractivity contribution is 0.0251. The van der Waals surface area contributed by atoms with Gasteiger partial charge in [-0.05, 0) is 24.7 Å². The average Bonchev–Trinajstić information content (AvgIpc) is 3.03. The van der Waals surface area contributed by atoms with Crippen molar-refractivity contribution in [3.63, 3.8) is 0 Å². The molecule has 2 heterocycles. The fourth-order valence-corrected chi connectivity index (χ4v) is 4.01. The van der Waals surface area contributed by atoms with Crippen LogP contribution in [0.1, 0.15) is 44.7 Å². The Balaban J connectivity index is 1.77. The number of aliphatic hydroxyl groups is 1. The van der Waals surface area contributed by atoms with Crippen molar-refractivity contribution in [3.8, 4) is 0 Å². The second kappa shape index (κ2) is 4.67. The molecular weight excluding hydrogens is 244 g/mol. The standard InChI is InChI=1S/C14H20N2OS/c1-2-14(5-3-4-6-14)12(17)9-11-10-16-7-8-18-13(16)15-11/h7-8,10,12,17H,2-6,9H2,1H3. The molecule has 1 unspecified atom stereocenters. The highest BCUT2D eigenvalue weighted by atomic mass is 32.1. The topological polar surface area (TPSA) is 37.5 Å². The number of aliphatic hydroxyl groups excluding tert-OH is 1. The van der Waals surface area contributed by atoms with Crippen molar-refractivity contribution in [2.24, 2.45) is 5.41 Å². The molecule has 0 amide bonds. The lowest BCUT2D eigenvalue weighted by atomic mass is 9.76. The van der Waals surface area contributed by atoms with E-state index in [0.29, 0.717) is 6.42 Å². The minimum absolute atomic E-state index is 0.150. The van der Waals surface area contributed by atoms with Crippen LogP contribution in [0.25, 0.3) is 4.96 Å². The first-order valence-corrected chi connectivity index (χ1v) is 7.71. The summed E-state index contributed by atoms with van der Waals surface area (Å²) in [6.45, 7) is 2.21. The zero-order chi connectivity index (χ0) is 12.6. The summed E-state index contributed by atoms with van der Waals surface area (Å²) in [6.07, 6.45) is 10.5. The van der Waals surface area contributed by atoms with Crippen LogP contribution < -0.4 is 0 Å². The van der Waals surface area contributed by atoms with Gasteiger partial charge < -0.3 is 5.11 Å². The molecule has 98 valence electrons. The molecule has 0 saturated heterocycles. The molecule has 1 saturated carbocycles. The normalized spacial score (nSPS) is 20.6. The van der Waals surface area contributed by atoms with Crippen LogP contribution in [0.3, 0.4) is 0 Å². The van der Waals surface area contributed by atoms with Gasteiger partial charge in [0, 0.05) is 24.2 Å². The van der Waals surface area contributed by atoms with Gasteiger partial charge in [-0.25, -0.2) is 4.98 Å². The SMILES string of the molecule is CCC1(C(O)Cc2cn3ccsc3n2)CCCC1. The molecular formula is C14H20N2OS. The Labute approximate surface area is 111 Å². The summed E-state index contributed by atoms with van der Waals surface area (Å²) in [5.41, 5.74) is 1.17. The molecule has 1 aliphatic rings. The molecule has 1 atom stereocenters. The highest BCUT2D eigenvalue weighted by Gasteiger charge is 2.39. The molecule has 4 heteroatoms. The summed E-state index contributed by atoms with van der Waals surface area (Å²) in [5.74, 6) is 0. The number of hydrogen-bond acceptors (Lipinski definition) is 3. The predicted octanol–water partition coefficient (Wildman–Crippen LogP) is 3.27. The van der Waals surface area contributed by atoms with E-state index in [1.807, 2.05) is 22.2 Å². The molecule has 18 heavy (non-hydrogen) atoms. The van der Waals surface area contributed by atoms with Crippen LogP contribution in [0.2, 0.25) is 0 Å². The van der Waals surface area contributed by atoms with Crippen molar-refractivity contribution in [1.82, 2.24) is 9.38 Å². The molecule has 2 aromatic rings. The molecule has 0 bridgehead atoms. The van der Waals surface area contributed by atoms with Crippen molar-refractivity contribution in [2.45, 2.75) is 51.6 Å². The highest BCUT2D eigenvalue weighted by molar-refractivity contribution is 7.15. The Kier molecular flexibility index (Phi) is 3.16. The van der Waals surface area contributed by atoms with Gasteiger partial charge in [0.25, 0.3) is 0 Å². The van der Waals surface area contributed by atoms with Crippen molar-refractivity contribution < 1.29 is 5.11 Å². The van der Waals surface area contributed by atoms with E-state index in [4.69, 9.17) is 0 Å². The van der Waals surface area contributed by atoms with Gasteiger partial charge in [-0.2, -0.15) is 0 Å². The number of rotatable bonds is 4. The molecule has 3 nitrogen and oxygen atoms in total. The highest BCUT2D eigenvalue weighted by Crippen LogP contribution is 2.44. The number of aromatic nitrogens is 2. The van der Waals surface area contributed by atoms with Crippen molar-refractivity contribution in [3.05, 3.63) is 23.5 Å². The fraction of sp³-hybridized carbons (Fsp3) is 0.643. The van der Waals surface area contributed by atoms with Crippen LogP contribution in [0.4, 0.5) is 0 Å². The minimum Gasteiger partial charge on any atom is -0.392 e. The maximum atomic E-state index is 10.6. The van der Waals surface area contributed by atoms with Crippen molar-refractivity contribution >= 4 is 16.3 Å². The first kappa shape index (κ1) is 12.2. The van der Waals surface area contributed by atoms with E-state index < -0.39 is 0 Å².